The molecule has 2 N–H and O–H groups in total. The maximum Gasteiger partial charge on any atom is 0.338 e. The van der Waals surface area contributed by atoms with Crippen LogP contribution in [0.3, 0.4) is 0 Å². The molecule has 4 aromatic rings. The topological polar surface area (TPSA) is 144 Å². The number of nitrogens with zero attached hydrogens (tertiary/aromatic N) is 2. The number of para-hydroxylation sites is 1. The van der Waals surface area contributed by atoms with Crippen LogP contribution in [0.4, 0.5) is 11.4 Å². The van der Waals surface area contributed by atoms with Crippen molar-refractivity contribution in [3.63, 3.8) is 0 Å². The number of thiazole rings is 1. The molecule has 1 fully saturated rings. The Morgan fingerprint density at radius 1 is 0.935 bits per heavy atom. The van der Waals surface area contributed by atoms with Crippen molar-refractivity contribution in [2.45, 2.75) is 36.6 Å². The zero-order valence-electron chi connectivity index (χ0n) is 24.8. The molecule has 3 atom stereocenters. The Morgan fingerprint density at radius 3 is 2.37 bits per heavy atom. The standard InChI is InChI=1S/C33H29N3O8S2/c1-3-43-23-16-19(12-15-22(23)37)25-26-27(30(40)36(29(26)39)21-13-10-18(11-14-21)32(41)44-4-2)45-31-28(25)46-33(42)35(31)17-24(38)34-20-8-6-5-7-9-20/h5-16,25-27,37H,3-4,17H2,1-2H3,(H,34,38). The van der Waals surface area contributed by atoms with Crippen molar-refractivity contribution >= 4 is 58.2 Å². The lowest BCUT2D eigenvalue weighted by atomic mass is 9.83. The number of rotatable bonds is 9. The summed E-state index contributed by atoms with van der Waals surface area (Å²) in [5.74, 6) is -3.44. The second-order valence-electron chi connectivity index (χ2n) is 10.5. The molecule has 1 saturated heterocycles. The summed E-state index contributed by atoms with van der Waals surface area (Å²) in [6.45, 7) is 3.66. The summed E-state index contributed by atoms with van der Waals surface area (Å²) in [4.78, 5) is 68.1. The number of aromatic nitrogens is 1. The summed E-state index contributed by atoms with van der Waals surface area (Å²) in [5.41, 5.74) is 1.71. The molecule has 11 nitrogen and oxygen atoms in total. The molecule has 46 heavy (non-hydrogen) atoms. The molecule has 0 aliphatic carbocycles. The predicted molar refractivity (Wildman–Crippen MR) is 173 cm³/mol. The van der Waals surface area contributed by atoms with Crippen molar-refractivity contribution in [3.8, 4) is 11.5 Å². The second kappa shape index (κ2) is 12.9. The maximum absolute atomic E-state index is 14.2. The molecule has 3 heterocycles. The number of esters is 1. The second-order valence-corrected chi connectivity index (χ2v) is 12.6. The van der Waals surface area contributed by atoms with Crippen LogP contribution in [0.15, 0.2) is 82.6 Å². The number of fused-ring (bicyclic) bond motifs is 2. The highest BCUT2D eigenvalue weighted by atomic mass is 32.2. The minimum atomic E-state index is -0.920. The third-order valence-electron chi connectivity index (χ3n) is 7.69. The average molecular weight is 660 g/mol. The van der Waals surface area contributed by atoms with E-state index in [0.717, 1.165) is 28.0 Å². The first-order valence-electron chi connectivity index (χ1n) is 14.6. The predicted octanol–water partition coefficient (Wildman–Crippen LogP) is 4.63. The molecule has 1 aromatic heterocycles. The third-order valence-corrected chi connectivity index (χ3v) is 10.3. The van der Waals surface area contributed by atoms with Crippen molar-refractivity contribution < 1.29 is 33.8 Å². The number of ether oxygens (including phenoxy) is 2. The summed E-state index contributed by atoms with van der Waals surface area (Å²) in [7, 11) is 0. The number of phenols is 1. The highest BCUT2D eigenvalue weighted by Crippen LogP contribution is 2.54. The normalized spacial score (nSPS) is 18.6. The van der Waals surface area contributed by atoms with E-state index >= 15 is 0 Å². The van der Waals surface area contributed by atoms with Gasteiger partial charge in [-0.2, -0.15) is 0 Å². The summed E-state index contributed by atoms with van der Waals surface area (Å²) < 4.78 is 12.0. The third kappa shape index (κ3) is 5.67. The number of aromatic hydroxyl groups is 1. The molecule has 13 heteroatoms. The van der Waals surface area contributed by atoms with Gasteiger partial charge in [-0.3, -0.25) is 23.7 Å². The van der Waals surface area contributed by atoms with E-state index in [-0.39, 0.29) is 36.8 Å². The fourth-order valence-corrected chi connectivity index (χ4v) is 8.46. The van der Waals surface area contributed by atoms with Gasteiger partial charge in [0.05, 0.1) is 35.4 Å². The number of nitrogens with one attached hydrogen (secondary N) is 1. The first-order chi connectivity index (χ1) is 22.2. The summed E-state index contributed by atoms with van der Waals surface area (Å²) >= 11 is 2.01. The number of carbonyl (C=O) groups is 4. The number of phenolic OH excluding ortho intramolecular Hbond substituents is 1. The van der Waals surface area contributed by atoms with Crippen LogP contribution in [-0.4, -0.2) is 51.8 Å². The summed E-state index contributed by atoms with van der Waals surface area (Å²) in [6, 6.07) is 19.6. The van der Waals surface area contributed by atoms with Crippen molar-refractivity contribution in [3.05, 3.63) is 98.5 Å². The van der Waals surface area contributed by atoms with Crippen molar-refractivity contribution in [2.24, 2.45) is 5.92 Å². The Bertz CT molecular complexity index is 1890. The van der Waals surface area contributed by atoms with E-state index in [9.17, 15) is 29.1 Å². The minimum Gasteiger partial charge on any atom is -0.504 e. The number of hydrogen-bond donors (Lipinski definition) is 2. The van der Waals surface area contributed by atoms with Gasteiger partial charge in [0.2, 0.25) is 17.7 Å². The van der Waals surface area contributed by atoms with Crippen molar-refractivity contribution in [1.29, 1.82) is 0 Å². The zero-order valence-corrected chi connectivity index (χ0v) is 26.4. The van der Waals surface area contributed by atoms with E-state index < -0.39 is 45.6 Å². The Morgan fingerprint density at radius 2 is 1.67 bits per heavy atom. The molecule has 236 valence electrons. The van der Waals surface area contributed by atoms with Crippen LogP contribution in [0.5, 0.6) is 11.5 Å². The van der Waals surface area contributed by atoms with Crippen LogP contribution in [-0.2, 0) is 25.7 Å². The van der Waals surface area contributed by atoms with E-state index in [1.54, 1.807) is 50.2 Å². The summed E-state index contributed by atoms with van der Waals surface area (Å²) in [6.07, 6.45) is 0. The van der Waals surface area contributed by atoms with E-state index in [2.05, 4.69) is 5.32 Å². The lowest BCUT2D eigenvalue weighted by Gasteiger charge is -2.31. The van der Waals surface area contributed by atoms with E-state index in [0.29, 0.717) is 26.8 Å². The van der Waals surface area contributed by atoms with Crippen LogP contribution in [0.2, 0.25) is 0 Å². The van der Waals surface area contributed by atoms with Gasteiger partial charge in [0.1, 0.15) is 11.8 Å². The Hall–Kier alpha value is -4.88. The first-order valence-corrected chi connectivity index (χ1v) is 16.3. The van der Waals surface area contributed by atoms with Crippen molar-refractivity contribution in [2.75, 3.05) is 23.4 Å². The molecular formula is C33H29N3O8S2. The van der Waals surface area contributed by atoms with Crippen LogP contribution < -0.4 is 19.8 Å². The molecule has 3 aromatic carbocycles. The van der Waals surface area contributed by atoms with Gasteiger partial charge in [-0.1, -0.05) is 47.4 Å². The molecule has 0 bridgehead atoms. The highest BCUT2D eigenvalue weighted by molar-refractivity contribution is 8.00. The Labute approximate surface area is 271 Å². The SMILES string of the molecule is CCOC(=O)c1ccc(N2C(=O)C3Sc4c(sc(=O)n4CC(=O)Nc4ccccc4)C(c4ccc(O)c(OCC)c4)C3C2=O)cc1. The van der Waals surface area contributed by atoms with Gasteiger partial charge in [0, 0.05) is 16.5 Å². The van der Waals surface area contributed by atoms with Gasteiger partial charge in [0.15, 0.2) is 11.5 Å². The number of hydrogen-bond acceptors (Lipinski definition) is 10. The molecule has 0 spiro atoms. The van der Waals surface area contributed by atoms with Crippen LogP contribution in [0, 0.1) is 5.92 Å². The molecule has 2 aliphatic rings. The van der Waals surface area contributed by atoms with Crippen LogP contribution in [0.25, 0.3) is 0 Å². The first kappa shape index (κ1) is 31.1. The molecule has 2 aliphatic heterocycles. The molecule has 0 saturated carbocycles. The average Bonchev–Trinajstić information content (AvgIpc) is 3.49. The van der Waals surface area contributed by atoms with Gasteiger partial charge < -0.3 is 19.9 Å². The number of anilines is 2. The fourth-order valence-electron chi connectivity index (χ4n) is 5.69. The number of thioether (sulfide) groups is 1. The van der Waals surface area contributed by atoms with Crippen molar-refractivity contribution in [1.82, 2.24) is 4.57 Å². The quantitative estimate of drug-likeness (QED) is 0.194. The zero-order chi connectivity index (χ0) is 32.5. The van der Waals surface area contributed by atoms with Gasteiger partial charge >= 0.3 is 10.8 Å². The van der Waals surface area contributed by atoms with Gasteiger partial charge in [-0.15, -0.1) is 0 Å². The smallest absolute Gasteiger partial charge is 0.338 e. The van der Waals surface area contributed by atoms with E-state index in [1.807, 2.05) is 6.07 Å². The summed E-state index contributed by atoms with van der Waals surface area (Å²) in [5, 5.41) is 12.7. The highest BCUT2D eigenvalue weighted by Gasteiger charge is 2.57. The van der Waals surface area contributed by atoms with Crippen LogP contribution >= 0.6 is 23.1 Å². The minimum absolute atomic E-state index is 0.0898. The monoisotopic (exact) mass is 659 g/mol. The fraction of sp³-hybridized carbons (Fsp3) is 0.242. The van der Waals surface area contributed by atoms with Gasteiger partial charge in [-0.25, -0.2) is 9.69 Å². The number of imide groups is 1. The van der Waals surface area contributed by atoms with Crippen LogP contribution in [0.1, 0.15) is 40.6 Å². The molecule has 3 amide bonds. The largest absolute Gasteiger partial charge is 0.504 e. The lowest BCUT2D eigenvalue weighted by Crippen LogP contribution is -2.33. The number of carbonyl (C=O) groups excluding carboxylic acids is 4. The maximum atomic E-state index is 14.2. The number of benzene rings is 3. The van der Waals surface area contributed by atoms with Gasteiger partial charge in [-0.05, 0) is 67.9 Å². The Balaban J connectivity index is 1.41. The molecule has 0 radical (unpaired) electrons. The Kier molecular flexibility index (Phi) is 8.69. The lowest BCUT2D eigenvalue weighted by molar-refractivity contribution is -0.122. The van der Waals surface area contributed by atoms with Gasteiger partial charge in [0.25, 0.3) is 0 Å². The molecule has 3 unspecified atom stereocenters. The van der Waals surface area contributed by atoms with E-state index in [4.69, 9.17) is 9.47 Å². The van der Waals surface area contributed by atoms with E-state index in [1.165, 1.54) is 34.9 Å². The number of amides is 3. The molecular weight excluding hydrogens is 631 g/mol. The molecule has 6 rings (SSSR count).